The molecule has 0 N–H and O–H groups in total. The average Bonchev–Trinajstić information content (AvgIpc) is 3.14. The lowest BCUT2D eigenvalue weighted by atomic mass is 9.92. The van der Waals surface area contributed by atoms with Crippen LogP contribution in [0.25, 0.3) is 11.4 Å². The number of aromatic nitrogens is 3. The quantitative estimate of drug-likeness (QED) is 0.776. The smallest absolute Gasteiger partial charge is 0.281 e. The Morgan fingerprint density at radius 3 is 2.70 bits per heavy atom. The molecule has 1 saturated heterocycles. The van der Waals surface area contributed by atoms with Crippen molar-refractivity contribution < 1.29 is 12.9 Å². The van der Waals surface area contributed by atoms with Crippen molar-refractivity contribution in [2.45, 2.75) is 45.1 Å². The van der Waals surface area contributed by atoms with Gasteiger partial charge >= 0.3 is 0 Å². The van der Waals surface area contributed by atoms with Crippen molar-refractivity contribution in [3.05, 3.63) is 30.4 Å². The molecule has 2 aliphatic rings. The molecular weight excluding hydrogens is 366 g/mol. The van der Waals surface area contributed by atoms with Gasteiger partial charge in [-0.15, -0.1) is 0 Å². The van der Waals surface area contributed by atoms with E-state index < -0.39 is 10.2 Å². The van der Waals surface area contributed by atoms with Gasteiger partial charge in [0.2, 0.25) is 11.7 Å². The maximum atomic E-state index is 12.7. The third kappa shape index (κ3) is 3.28. The largest absolute Gasteiger partial charge is 0.339 e. The number of hydrogen-bond acceptors (Lipinski definition) is 6. The van der Waals surface area contributed by atoms with Crippen molar-refractivity contribution in [2.75, 3.05) is 20.1 Å². The highest BCUT2D eigenvalue weighted by atomic mass is 32.2. The van der Waals surface area contributed by atoms with Crippen LogP contribution < -0.4 is 0 Å². The molecule has 4 rings (SSSR count). The van der Waals surface area contributed by atoms with Gasteiger partial charge in [0.15, 0.2) is 0 Å². The number of pyridine rings is 1. The van der Waals surface area contributed by atoms with Crippen LogP contribution in [0.15, 0.2) is 29.0 Å². The molecule has 0 aromatic carbocycles. The van der Waals surface area contributed by atoms with Crippen molar-refractivity contribution in [3.63, 3.8) is 0 Å². The molecule has 0 bridgehead atoms. The highest BCUT2D eigenvalue weighted by Gasteiger charge is 2.59. The van der Waals surface area contributed by atoms with Crippen LogP contribution in [0.5, 0.6) is 0 Å². The summed E-state index contributed by atoms with van der Waals surface area (Å²) in [6.45, 7) is 4.85. The second kappa shape index (κ2) is 6.65. The predicted octanol–water partition coefficient (Wildman–Crippen LogP) is 2.29. The van der Waals surface area contributed by atoms with E-state index in [2.05, 4.69) is 15.1 Å². The minimum Gasteiger partial charge on any atom is -0.339 e. The zero-order chi connectivity index (χ0) is 19.2. The third-order valence-corrected chi connectivity index (χ3v) is 8.15. The minimum atomic E-state index is -3.39. The topological polar surface area (TPSA) is 92.4 Å². The van der Waals surface area contributed by atoms with Crippen LogP contribution in [-0.2, 0) is 10.2 Å². The average molecular weight is 391 g/mol. The zero-order valence-electron chi connectivity index (χ0n) is 15.9. The van der Waals surface area contributed by atoms with Crippen molar-refractivity contribution in [3.8, 4) is 11.4 Å². The first-order valence-corrected chi connectivity index (χ1v) is 10.7. The van der Waals surface area contributed by atoms with E-state index in [1.54, 1.807) is 23.7 Å². The SMILES string of the molecule is CC(C)N(C)S(=O)(=O)N1CCC2(CC1)CC2c1nc(-c2cccnc2)no1. The fraction of sp³-hybridized carbons (Fsp3) is 0.611. The van der Waals surface area contributed by atoms with E-state index in [0.29, 0.717) is 24.8 Å². The van der Waals surface area contributed by atoms with Crippen LogP contribution in [0.2, 0.25) is 0 Å². The molecular formula is C18H25N5O3S. The highest BCUT2D eigenvalue weighted by Crippen LogP contribution is 2.64. The summed E-state index contributed by atoms with van der Waals surface area (Å²) in [5, 5.41) is 4.08. The molecule has 0 amide bonds. The second-order valence-corrected chi connectivity index (χ2v) is 9.82. The van der Waals surface area contributed by atoms with Crippen LogP contribution in [0.3, 0.4) is 0 Å². The van der Waals surface area contributed by atoms with Gasteiger partial charge in [0.25, 0.3) is 10.2 Å². The van der Waals surface area contributed by atoms with Crippen molar-refractivity contribution in [1.82, 2.24) is 23.7 Å². The van der Waals surface area contributed by atoms with Gasteiger partial charge in [0.05, 0.1) is 0 Å². The van der Waals surface area contributed by atoms with Crippen molar-refractivity contribution >= 4 is 10.2 Å². The van der Waals surface area contributed by atoms with Crippen LogP contribution >= 0.6 is 0 Å². The summed E-state index contributed by atoms with van der Waals surface area (Å²) < 4.78 is 33.9. The van der Waals surface area contributed by atoms with Gasteiger partial charge < -0.3 is 4.52 Å². The Labute approximate surface area is 159 Å². The van der Waals surface area contributed by atoms with E-state index in [0.717, 1.165) is 24.8 Å². The molecule has 0 radical (unpaired) electrons. The molecule has 1 aliphatic carbocycles. The Morgan fingerprint density at radius 2 is 2.07 bits per heavy atom. The highest BCUT2D eigenvalue weighted by molar-refractivity contribution is 7.86. The van der Waals surface area contributed by atoms with E-state index in [1.807, 2.05) is 26.0 Å². The summed E-state index contributed by atoms with van der Waals surface area (Å²) in [7, 11) is -1.75. The van der Waals surface area contributed by atoms with E-state index in [4.69, 9.17) is 4.52 Å². The molecule has 1 atom stereocenters. The molecule has 1 saturated carbocycles. The summed E-state index contributed by atoms with van der Waals surface area (Å²) in [5.41, 5.74) is 0.932. The van der Waals surface area contributed by atoms with Crippen LogP contribution in [0.4, 0.5) is 0 Å². The fourth-order valence-corrected chi connectivity index (χ4v) is 5.39. The van der Waals surface area contributed by atoms with Crippen molar-refractivity contribution in [2.24, 2.45) is 5.41 Å². The molecule has 2 aromatic rings. The second-order valence-electron chi connectivity index (χ2n) is 7.83. The van der Waals surface area contributed by atoms with Gasteiger partial charge in [-0.2, -0.15) is 22.0 Å². The van der Waals surface area contributed by atoms with Gasteiger partial charge in [0.1, 0.15) is 0 Å². The Kier molecular flexibility index (Phi) is 4.56. The van der Waals surface area contributed by atoms with Crippen LogP contribution in [0, 0.1) is 5.41 Å². The number of hydrogen-bond donors (Lipinski definition) is 0. The van der Waals surface area contributed by atoms with E-state index in [9.17, 15) is 8.42 Å². The fourth-order valence-electron chi connectivity index (χ4n) is 3.85. The summed E-state index contributed by atoms with van der Waals surface area (Å²) in [4.78, 5) is 8.64. The number of piperidine rings is 1. The maximum absolute atomic E-state index is 12.7. The van der Waals surface area contributed by atoms with Crippen LogP contribution in [0.1, 0.15) is 44.9 Å². The van der Waals surface area contributed by atoms with Gasteiger partial charge in [-0.1, -0.05) is 5.16 Å². The lowest BCUT2D eigenvalue weighted by molar-refractivity contribution is 0.228. The van der Waals surface area contributed by atoms with Gasteiger partial charge in [-0.3, -0.25) is 4.98 Å². The molecule has 8 nitrogen and oxygen atoms in total. The number of nitrogens with zero attached hydrogens (tertiary/aromatic N) is 5. The third-order valence-electron chi connectivity index (χ3n) is 5.98. The zero-order valence-corrected chi connectivity index (χ0v) is 16.7. The van der Waals surface area contributed by atoms with E-state index in [1.165, 1.54) is 4.31 Å². The monoisotopic (exact) mass is 391 g/mol. The normalized spacial score (nSPS) is 22.6. The minimum absolute atomic E-state index is 0.0520. The Balaban J connectivity index is 1.42. The first-order valence-electron chi connectivity index (χ1n) is 9.31. The summed E-state index contributed by atoms with van der Waals surface area (Å²) in [6.07, 6.45) is 6.06. The Morgan fingerprint density at radius 1 is 1.33 bits per heavy atom. The number of rotatable bonds is 5. The molecule has 1 spiro atoms. The standard InChI is InChI=1S/C18H25N5O3S/c1-13(2)22(3)27(24,25)23-9-6-18(7-10-23)11-15(18)17-20-16(21-26-17)14-5-4-8-19-12-14/h4-5,8,12-13,15H,6-7,9-11H2,1-3H3. The summed E-state index contributed by atoms with van der Waals surface area (Å²) in [6, 6.07) is 3.69. The lowest BCUT2D eigenvalue weighted by Gasteiger charge is -2.35. The van der Waals surface area contributed by atoms with Gasteiger partial charge in [-0.05, 0) is 50.7 Å². The molecule has 146 valence electrons. The molecule has 1 unspecified atom stereocenters. The molecule has 2 fully saturated rings. The molecule has 1 aliphatic heterocycles. The van der Waals surface area contributed by atoms with E-state index in [-0.39, 0.29) is 17.4 Å². The Hall–Kier alpha value is -1.84. The molecule has 2 aromatic heterocycles. The summed E-state index contributed by atoms with van der Waals surface area (Å²) in [5.74, 6) is 1.44. The van der Waals surface area contributed by atoms with Crippen molar-refractivity contribution in [1.29, 1.82) is 0 Å². The van der Waals surface area contributed by atoms with Gasteiger partial charge in [-0.25, -0.2) is 0 Å². The molecule has 3 heterocycles. The predicted molar refractivity (Wildman–Crippen MR) is 99.9 cm³/mol. The maximum Gasteiger partial charge on any atom is 0.281 e. The first-order chi connectivity index (χ1) is 12.8. The van der Waals surface area contributed by atoms with Gasteiger partial charge in [0, 0.05) is 50.1 Å². The molecule has 9 heteroatoms. The van der Waals surface area contributed by atoms with Crippen LogP contribution in [-0.4, -0.2) is 58.3 Å². The Bertz CT molecular complexity index is 904. The lowest BCUT2D eigenvalue weighted by Crippen LogP contribution is -2.48. The summed E-state index contributed by atoms with van der Waals surface area (Å²) >= 11 is 0. The van der Waals surface area contributed by atoms with E-state index >= 15 is 0 Å². The first kappa shape index (κ1) is 18.5. The molecule has 27 heavy (non-hydrogen) atoms.